The molecule has 1 amide bonds. The molecule has 0 aliphatic carbocycles. The van der Waals surface area contributed by atoms with Crippen LogP contribution >= 0.6 is 11.8 Å². The Kier molecular flexibility index (Phi) is 5.58. The number of amides is 1. The summed E-state index contributed by atoms with van der Waals surface area (Å²) in [5, 5.41) is 0. The van der Waals surface area contributed by atoms with Gasteiger partial charge in [-0.1, -0.05) is 0 Å². The Morgan fingerprint density at radius 1 is 1.65 bits per heavy atom. The van der Waals surface area contributed by atoms with Crippen LogP contribution < -0.4 is 5.73 Å². The first-order valence-corrected chi connectivity index (χ1v) is 6.98. The lowest BCUT2D eigenvalue weighted by Gasteiger charge is -2.20. The lowest BCUT2D eigenvalue weighted by molar-refractivity contribution is -0.131. The van der Waals surface area contributed by atoms with Crippen LogP contribution in [0.1, 0.15) is 17.7 Å². The lowest BCUT2D eigenvalue weighted by atomic mass is 10.2. The molecular weight excluding hydrogens is 236 g/mol. The second-order valence-electron chi connectivity index (χ2n) is 4.08. The first-order chi connectivity index (χ1) is 8.06. The van der Waals surface area contributed by atoms with Crippen molar-refractivity contribution in [1.29, 1.82) is 0 Å². The Balaban J connectivity index is 2.49. The largest absolute Gasteiger partial charge is 0.469 e. The molecule has 0 fully saturated rings. The molecule has 0 saturated carbocycles. The zero-order valence-corrected chi connectivity index (χ0v) is 11.4. The summed E-state index contributed by atoms with van der Waals surface area (Å²) >= 11 is 1.70. The molecule has 1 aromatic rings. The van der Waals surface area contributed by atoms with Crippen molar-refractivity contribution >= 4 is 17.7 Å². The van der Waals surface area contributed by atoms with Crippen molar-refractivity contribution in [2.75, 3.05) is 19.1 Å². The molecule has 0 spiro atoms. The highest BCUT2D eigenvalue weighted by atomic mass is 32.2. The van der Waals surface area contributed by atoms with Gasteiger partial charge in [0.1, 0.15) is 5.76 Å². The summed E-state index contributed by atoms with van der Waals surface area (Å²) in [4.78, 5) is 13.6. The van der Waals surface area contributed by atoms with E-state index in [9.17, 15) is 4.79 Å². The summed E-state index contributed by atoms with van der Waals surface area (Å²) in [5.74, 6) is 1.74. The van der Waals surface area contributed by atoms with Crippen molar-refractivity contribution in [2.45, 2.75) is 25.9 Å². The molecule has 1 aromatic heterocycles. The van der Waals surface area contributed by atoms with Gasteiger partial charge < -0.3 is 15.1 Å². The van der Waals surface area contributed by atoms with Crippen LogP contribution in [0.25, 0.3) is 0 Å². The van der Waals surface area contributed by atoms with Crippen molar-refractivity contribution in [3.8, 4) is 0 Å². The molecule has 0 radical (unpaired) electrons. The van der Waals surface area contributed by atoms with E-state index in [2.05, 4.69) is 0 Å². The molecule has 1 rings (SSSR count). The molecule has 1 heterocycles. The van der Waals surface area contributed by atoms with Crippen molar-refractivity contribution in [3.05, 3.63) is 23.7 Å². The summed E-state index contributed by atoms with van der Waals surface area (Å²) in [6.45, 7) is 2.44. The van der Waals surface area contributed by atoms with Gasteiger partial charge >= 0.3 is 0 Å². The summed E-state index contributed by atoms with van der Waals surface area (Å²) in [5.41, 5.74) is 6.87. The highest BCUT2D eigenvalue weighted by Crippen LogP contribution is 2.12. The number of carbonyl (C=O) groups excluding carboxylic acids is 1. The summed E-state index contributed by atoms with van der Waals surface area (Å²) in [7, 11) is 1.77. The maximum atomic E-state index is 11.9. The van der Waals surface area contributed by atoms with Gasteiger partial charge in [-0.15, -0.1) is 0 Å². The minimum absolute atomic E-state index is 0.0142. The van der Waals surface area contributed by atoms with Gasteiger partial charge in [0.2, 0.25) is 5.91 Å². The van der Waals surface area contributed by atoms with Crippen LogP contribution in [0.3, 0.4) is 0 Å². The highest BCUT2D eigenvalue weighted by Gasteiger charge is 2.18. The summed E-state index contributed by atoms with van der Waals surface area (Å²) < 4.78 is 5.20. The summed E-state index contributed by atoms with van der Waals surface area (Å²) in [6, 6.07) is 1.48. The van der Waals surface area contributed by atoms with Gasteiger partial charge in [0, 0.05) is 19.2 Å². The quantitative estimate of drug-likeness (QED) is 0.840. The average molecular weight is 256 g/mol. The van der Waals surface area contributed by atoms with E-state index < -0.39 is 6.04 Å². The predicted octanol–water partition coefficient (Wildman–Crippen LogP) is 1.63. The van der Waals surface area contributed by atoms with Gasteiger partial charge in [0.25, 0.3) is 0 Å². The number of likely N-dealkylation sites (N-methyl/N-ethyl adjacent to an activating group) is 1. The van der Waals surface area contributed by atoms with Crippen molar-refractivity contribution in [3.63, 3.8) is 0 Å². The van der Waals surface area contributed by atoms with Crippen LogP contribution in [0.5, 0.6) is 0 Å². The van der Waals surface area contributed by atoms with Crippen LogP contribution in [-0.2, 0) is 11.3 Å². The minimum atomic E-state index is -0.403. The molecule has 1 atom stereocenters. The Labute approximate surface area is 107 Å². The number of hydrogen-bond acceptors (Lipinski definition) is 4. The smallest absolute Gasteiger partial charge is 0.239 e. The van der Waals surface area contributed by atoms with Crippen LogP contribution in [0.2, 0.25) is 0 Å². The van der Waals surface area contributed by atoms with Gasteiger partial charge in [-0.05, 0) is 31.4 Å². The van der Waals surface area contributed by atoms with E-state index in [1.807, 2.05) is 19.2 Å². The molecule has 0 aromatic carbocycles. The fraction of sp³-hybridized carbons (Fsp3) is 0.583. The number of nitrogens with zero attached hydrogens (tertiary/aromatic N) is 1. The van der Waals surface area contributed by atoms with E-state index in [1.165, 1.54) is 0 Å². The maximum Gasteiger partial charge on any atom is 0.239 e. The lowest BCUT2D eigenvalue weighted by Crippen LogP contribution is -2.41. The molecule has 96 valence electrons. The zero-order valence-electron chi connectivity index (χ0n) is 10.6. The third-order valence-corrected chi connectivity index (χ3v) is 3.34. The summed E-state index contributed by atoms with van der Waals surface area (Å²) in [6.07, 6.45) is 4.36. The number of nitrogens with two attached hydrogens (primary N) is 1. The van der Waals surface area contributed by atoms with E-state index in [0.717, 1.165) is 17.1 Å². The van der Waals surface area contributed by atoms with E-state index >= 15 is 0 Å². The average Bonchev–Trinajstić information content (AvgIpc) is 2.70. The van der Waals surface area contributed by atoms with Crippen molar-refractivity contribution in [2.24, 2.45) is 5.73 Å². The zero-order chi connectivity index (χ0) is 12.8. The molecule has 4 nitrogen and oxygen atoms in total. The van der Waals surface area contributed by atoms with Crippen molar-refractivity contribution < 1.29 is 9.21 Å². The van der Waals surface area contributed by atoms with E-state index in [4.69, 9.17) is 10.2 Å². The Morgan fingerprint density at radius 2 is 2.35 bits per heavy atom. The van der Waals surface area contributed by atoms with E-state index in [-0.39, 0.29) is 5.91 Å². The first kappa shape index (κ1) is 14.1. The number of furan rings is 1. The fourth-order valence-corrected chi connectivity index (χ4v) is 2.05. The van der Waals surface area contributed by atoms with Crippen LogP contribution in [0, 0.1) is 6.92 Å². The molecule has 0 unspecified atom stereocenters. The van der Waals surface area contributed by atoms with Crippen LogP contribution in [0.4, 0.5) is 0 Å². The third-order valence-electron chi connectivity index (χ3n) is 2.70. The molecule has 0 bridgehead atoms. The SMILES string of the molecule is CSCC[C@H](N)C(=O)N(C)Cc1ccoc1C. The Morgan fingerprint density at radius 3 is 2.88 bits per heavy atom. The van der Waals surface area contributed by atoms with Crippen LogP contribution in [-0.4, -0.2) is 35.9 Å². The topological polar surface area (TPSA) is 59.5 Å². The Hall–Kier alpha value is -0.940. The molecule has 0 aliphatic rings. The molecular formula is C12H20N2O2S. The molecule has 5 heteroatoms. The second kappa shape index (κ2) is 6.71. The standard InChI is InChI=1S/C12H20N2O2S/c1-9-10(4-6-16-9)8-14(2)12(15)11(13)5-7-17-3/h4,6,11H,5,7-8,13H2,1-3H3/t11-/m0/s1. The van der Waals surface area contributed by atoms with Gasteiger partial charge in [0.05, 0.1) is 12.3 Å². The number of thioether (sulfide) groups is 1. The molecule has 17 heavy (non-hydrogen) atoms. The van der Waals surface area contributed by atoms with Gasteiger partial charge in [-0.3, -0.25) is 4.79 Å². The minimum Gasteiger partial charge on any atom is -0.469 e. The molecule has 0 saturated heterocycles. The first-order valence-electron chi connectivity index (χ1n) is 5.58. The number of hydrogen-bond donors (Lipinski definition) is 1. The van der Waals surface area contributed by atoms with Gasteiger partial charge in [0.15, 0.2) is 0 Å². The fourth-order valence-electron chi connectivity index (χ4n) is 1.56. The second-order valence-corrected chi connectivity index (χ2v) is 5.07. The van der Waals surface area contributed by atoms with Crippen molar-refractivity contribution in [1.82, 2.24) is 4.90 Å². The number of carbonyl (C=O) groups is 1. The highest BCUT2D eigenvalue weighted by molar-refractivity contribution is 7.98. The van der Waals surface area contributed by atoms with E-state index in [0.29, 0.717) is 13.0 Å². The molecule has 0 aliphatic heterocycles. The third kappa shape index (κ3) is 4.09. The predicted molar refractivity (Wildman–Crippen MR) is 70.9 cm³/mol. The van der Waals surface area contributed by atoms with Gasteiger partial charge in [-0.2, -0.15) is 11.8 Å². The maximum absolute atomic E-state index is 11.9. The van der Waals surface area contributed by atoms with Gasteiger partial charge in [-0.25, -0.2) is 0 Å². The monoisotopic (exact) mass is 256 g/mol. The number of aryl methyl sites for hydroxylation is 1. The molecule has 2 N–H and O–H groups in total. The van der Waals surface area contributed by atoms with Crippen LogP contribution in [0.15, 0.2) is 16.7 Å². The normalized spacial score (nSPS) is 12.5. The van der Waals surface area contributed by atoms with E-state index in [1.54, 1.807) is 30.0 Å². The number of rotatable bonds is 6. The Bertz CT molecular complexity index is 365.